The molecule has 2 aromatic rings. The van der Waals surface area contributed by atoms with Crippen molar-refractivity contribution in [2.45, 2.75) is 0 Å². The Morgan fingerprint density at radius 3 is 2.40 bits per heavy atom. The van der Waals surface area contributed by atoms with Crippen molar-refractivity contribution in [1.82, 2.24) is 10.9 Å². The van der Waals surface area contributed by atoms with Gasteiger partial charge in [0.1, 0.15) is 0 Å². The number of nitrogen functional groups attached to an aromatic ring is 1. The van der Waals surface area contributed by atoms with Gasteiger partial charge in [-0.2, -0.15) is 0 Å². The normalized spacial score (nSPS) is 10.0. The monoisotopic (exact) mass is 425 g/mol. The van der Waals surface area contributed by atoms with Gasteiger partial charge >= 0.3 is 5.97 Å². The summed E-state index contributed by atoms with van der Waals surface area (Å²) >= 11 is 8.99. The quantitative estimate of drug-likeness (QED) is 0.395. The van der Waals surface area contributed by atoms with Crippen molar-refractivity contribution in [1.29, 1.82) is 0 Å². The molecule has 0 spiro atoms. The summed E-state index contributed by atoms with van der Waals surface area (Å²) in [6, 6.07) is 10.8. The lowest BCUT2D eigenvalue weighted by Gasteiger charge is -2.09. The molecular weight excluding hydrogens is 414 g/mol. The van der Waals surface area contributed by atoms with E-state index in [9.17, 15) is 14.4 Å². The molecule has 0 aliphatic carbocycles. The van der Waals surface area contributed by atoms with Crippen LogP contribution >= 0.6 is 27.5 Å². The molecule has 0 saturated carbocycles. The van der Waals surface area contributed by atoms with Crippen LogP contribution in [0.15, 0.2) is 46.9 Å². The Morgan fingerprint density at radius 2 is 1.76 bits per heavy atom. The third-order valence-corrected chi connectivity index (χ3v) is 3.75. The highest BCUT2D eigenvalue weighted by molar-refractivity contribution is 9.10. The summed E-state index contributed by atoms with van der Waals surface area (Å²) in [5.74, 6) is -1.98. The largest absolute Gasteiger partial charge is 0.452 e. The molecule has 2 aromatic carbocycles. The van der Waals surface area contributed by atoms with E-state index in [0.29, 0.717) is 10.6 Å². The average molecular weight is 427 g/mol. The third kappa shape index (κ3) is 5.47. The number of carbonyl (C=O) groups excluding carboxylic acids is 3. The van der Waals surface area contributed by atoms with Gasteiger partial charge < -0.3 is 10.5 Å². The molecule has 25 heavy (non-hydrogen) atoms. The highest BCUT2D eigenvalue weighted by atomic mass is 79.9. The zero-order chi connectivity index (χ0) is 18.4. The number of benzene rings is 2. The van der Waals surface area contributed by atoms with Crippen LogP contribution in [0.2, 0.25) is 5.02 Å². The molecule has 0 atom stereocenters. The molecule has 0 bridgehead atoms. The Labute approximate surface area is 156 Å². The van der Waals surface area contributed by atoms with Gasteiger partial charge in [-0.05, 0) is 42.5 Å². The molecule has 2 amide bonds. The molecule has 0 radical (unpaired) electrons. The molecule has 7 nitrogen and oxygen atoms in total. The predicted octanol–water partition coefficient (Wildman–Crippen LogP) is 2.30. The minimum Gasteiger partial charge on any atom is -0.452 e. The molecule has 0 unspecified atom stereocenters. The summed E-state index contributed by atoms with van der Waals surface area (Å²) in [6.07, 6.45) is 0. The standard InChI is InChI=1S/C16H13BrClN3O4/c17-10-3-1-9(2-4-10)15(23)21-20-14(22)8-25-16(24)12-6-5-11(18)7-13(12)19/h1-7H,8,19H2,(H,20,22)(H,21,23). The molecule has 4 N–H and O–H groups in total. The molecule has 130 valence electrons. The number of esters is 1. The van der Waals surface area contributed by atoms with Crippen LogP contribution < -0.4 is 16.6 Å². The fraction of sp³-hybridized carbons (Fsp3) is 0.0625. The first-order chi connectivity index (χ1) is 11.9. The van der Waals surface area contributed by atoms with Crippen LogP contribution in [0.3, 0.4) is 0 Å². The number of carbonyl (C=O) groups is 3. The number of nitrogens with one attached hydrogen (secondary N) is 2. The van der Waals surface area contributed by atoms with Gasteiger partial charge in [0, 0.05) is 20.7 Å². The number of nitrogens with two attached hydrogens (primary N) is 1. The van der Waals surface area contributed by atoms with Crippen molar-refractivity contribution in [3.63, 3.8) is 0 Å². The fourth-order valence-corrected chi connectivity index (χ4v) is 2.21. The summed E-state index contributed by atoms with van der Waals surface area (Å²) < 4.78 is 5.65. The molecule has 0 aliphatic rings. The Morgan fingerprint density at radius 1 is 1.08 bits per heavy atom. The van der Waals surface area contributed by atoms with Gasteiger partial charge in [-0.3, -0.25) is 20.4 Å². The summed E-state index contributed by atoms with van der Waals surface area (Å²) in [5.41, 5.74) is 10.6. The van der Waals surface area contributed by atoms with E-state index in [0.717, 1.165) is 4.47 Å². The minimum atomic E-state index is -0.774. The number of anilines is 1. The lowest BCUT2D eigenvalue weighted by molar-refractivity contribution is -0.125. The molecule has 0 aromatic heterocycles. The van der Waals surface area contributed by atoms with E-state index in [1.807, 2.05) is 0 Å². The van der Waals surface area contributed by atoms with Gasteiger partial charge in [0.05, 0.1) is 5.56 Å². The Bertz CT molecular complexity index is 812. The van der Waals surface area contributed by atoms with Gasteiger partial charge in [0.15, 0.2) is 6.61 Å². The highest BCUT2D eigenvalue weighted by Crippen LogP contribution is 2.18. The lowest BCUT2D eigenvalue weighted by atomic mass is 10.2. The molecule has 0 aliphatic heterocycles. The fourth-order valence-electron chi connectivity index (χ4n) is 1.76. The van der Waals surface area contributed by atoms with E-state index in [2.05, 4.69) is 26.8 Å². The van der Waals surface area contributed by atoms with Gasteiger partial charge in [-0.15, -0.1) is 0 Å². The van der Waals surface area contributed by atoms with E-state index in [1.165, 1.54) is 18.2 Å². The molecule has 9 heteroatoms. The van der Waals surface area contributed by atoms with E-state index >= 15 is 0 Å². The van der Waals surface area contributed by atoms with Crippen LogP contribution in [0.1, 0.15) is 20.7 Å². The number of ether oxygens (including phenoxy) is 1. The maximum atomic E-state index is 11.9. The van der Waals surface area contributed by atoms with Crippen LogP contribution in [0, 0.1) is 0 Å². The second-order valence-corrected chi connectivity index (χ2v) is 6.17. The zero-order valence-electron chi connectivity index (χ0n) is 12.7. The maximum absolute atomic E-state index is 11.9. The molecule has 0 fully saturated rings. The number of rotatable bonds is 4. The summed E-state index contributed by atoms with van der Waals surface area (Å²) in [4.78, 5) is 35.3. The topological polar surface area (TPSA) is 111 Å². The summed E-state index contributed by atoms with van der Waals surface area (Å²) in [7, 11) is 0. The Hall–Kier alpha value is -2.58. The maximum Gasteiger partial charge on any atom is 0.340 e. The van der Waals surface area contributed by atoms with Gasteiger partial charge in [-0.1, -0.05) is 27.5 Å². The number of amides is 2. The second kappa shape index (κ2) is 8.50. The van der Waals surface area contributed by atoms with E-state index in [-0.39, 0.29) is 11.3 Å². The minimum absolute atomic E-state index is 0.0936. The van der Waals surface area contributed by atoms with Crippen molar-refractivity contribution < 1.29 is 19.1 Å². The summed E-state index contributed by atoms with van der Waals surface area (Å²) in [5, 5.41) is 0.377. The van der Waals surface area contributed by atoms with Crippen LogP contribution in [0.5, 0.6) is 0 Å². The molecule has 0 saturated heterocycles. The number of hydrogen-bond acceptors (Lipinski definition) is 5. The highest BCUT2D eigenvalue weighted by Gasteiger charge is 2.14. The number of hydrazine groups is 1. The predicted molar refractivity (Wildman–Crippen MR) is 95.9 cm³/mol. The van der Waals surface area contributed by atoms with Gasteiger partial charge in [-0.25, -0.2) is 4.79 Å². The molecular formula is C16H13BrClN3O4. The zero-order valence-corrected chi connectivity index (χ0v) is 15.1. The lowest BCUT2D eigenvalue weighted by Crippen LogP contribution is -2.43. The number of hydrogen-bond donors (Lipinski definition) is 3. The first kappa shape index (κ1) is 18.8. The van der Waals surface area contributed by atoms with Crippen molar-refractivity contribution in [3.05, 3.63) is 63.1 Å². The van der Waals surface area contributed by atoms with Crippen LogP contribution in [0.4, 0.5) is 5.69 Å². The second-order valence-electron chi connectivity index (χ2n) is 4.82. The van der Waals surface area contributed by atoms with Crippen molar-refractivity contribution in [2.75, 3.05) is 12.3 Å². The van der Waals surface area contributed by atoms with Crippen molar-refractivity contribution in [3.8, 4) is 0 Å². The SMILES string of the molecule is Nc1cc(Cl)ccc1C(=O)OCC(=O)NNC(=O)c1ccc(Br)cc1. The van der Waals surface area contributed by atoms with E-state index in [4.69, 9.17) is 22.1 Å². The first-order valence-corrected chi connectivity index (χ1v) is 8.11. The van der Waals surface area contributed by atoms with E-state index in [1.54, 1.807) is 24.3 Å². The van der Waals surface area contributed by atoms with Crippen LogP contribution in [-0.2, 0) is 9.53 Å². The Balaban J connectivity index is 1.81. The first-order valence-electron chi connectivity index (χ1n) is 6.93. The summed E-state index contributed by atoms with van der Waals surface area (Å²) in [6.45, 7) is -0.582. The third-order valence-electron chi connectivity index (χ3n) is 2.99. The van der Waals surface area contributed by atoms with Crippen molar-refractivity contribution in [2.24, 2.45) is 0 Å². The van der Waals surface area contributed by atoms with Gasteiger partial charge in [0.25, 0.3) is 11.8 Å². The molecule has 0 heterocycles. The van der Waals surface area contributed by atoms with E-state index < -0.39 is 24.4 Å². The van der Waals surface area contributed by atoms with Gasteiger partial charge in [0.2, 0.25) is 0 Å². The van der Waals surface area contributed by atoms with Crippen LogP contribution in [-0.4, -0.2) is 24.4 Å². The smallest absolute Gasteiger partial charge is 0.340 e. The Kier molecular flexibility index (Phi) is 6.37. The number of halogens is 2. The van der Waals surface area contributed by atoms with Crippen molar-refractivity contribution >= 4 is 51.0 Å². The molecule has 2 rings (SSSR count). The van der Waals surface area contributed by atoms with Crippen LogP contribution in [0.25, 0.3) is 0 Å². The average Bonchev–Trinajstić information content (AvgIpc) is 2.58.